The Hall–Kier alpha value is -1.68. The highest BCUT2D eigenvalue weighted by molar-refractivity contribution is 5.87. The summed E-state index contributed by atoms with van der Waals surface area (Å²) in [6, 6.07) is 3.81. The van der Waals surface area contributed by atoms with Crippen LogP contribution in [0.3, 0.4) is 0 Å². The molecule has 0 saturated heterocycles. The van der Waals surface area contributed by atoms with E-state index in [9.17, 15) is 9.18 Å². The molecule has 92 valence electrons. The number of hydrogen-bond acceptors (Lipinski definition) is 2. The normalized spacial score (nSPS) is 10.2. The summed E-state index contributed by atoms with van der Waals surface area (Å²) in [6.45, 7) is 4.28. The van der Waals surface area contributed by atoms with E-state index in [2.05, 4.69) is 6.58 Å². The number of allylic oxidation sites excluding steroid dienone is 1. The molecular weight excluding hydrogens is 223 g/mol. The van der Waals surface area contributed by atoms with Crippen LogP contribution in [0.15, 0.2) is 30.9 Å². The molecule has 0 atom stereocenters. The molecular formula is C13H15FO3. The molecule has 17 heavy (non-hydrogen) atoms. The number of carbonyl (C=O) groups is 1. The first-order valence-corrected chi connectivity index (χ1v) is 5.35. The van der Waals surface area contributed by atoms with Crippen LogP contribution < -0.4 is 0 Å². The quantitative estimate of drug-likeness (QED) is 0.586. The highest BCUT2D eigenvalue weighted by atomic mass is 19.1. The molecule has 4 heteroatoms. The van der Waals surface area contributed by atoms with Crippen molar-refractivity contribution < 1.29 is 19.0 Å². The number of aromatic carboxylic acids is 1. The first-order valence-electron chi connectivity index (χ1n) is 5.35. The second kappa shape index (κ2) is 6.81. The Morgan fingerprint density at radius 3 is 2.88 bits per heavy atom. The number of ether oxygens (including phenoxy) is 1. The predicted octanol–water partition coefficient (Wildman–Crippen LogP) is 3.01. The molecule has 0 radical (unpaired) electrons. The second-order valence-electron chi connectivity index (χ2n) is 3.59. The second-order valence-corrected chi connectivity index (χ2v) is 3.59. The van der Waals surface area contributed by atoms with Gasteiger partial charge >= 0.3 is 5.97 Å². The SMILES string of the molecule is C=CCCCOCc1ccc(C(=O)O)cc1F. The minimum absolute atomic E-state index is 0.0575. The zero-order valence-corrected chi connectivity index (χ0v) is 9.49. The van der Waals surface area contributed by atoms with Crippen molar-refractivity contribution in [3.05, 3.63) is 47.8 Å². The Balaban J connectivity index is 2.49. The van der Waals surface area contributed by atoms with E-state index in [0.717, 1.165) is 18.9 Å². The lowest BCUT2D eigenvalue weighted by Gasteiger charge is -2.05. The van der Waals surface area contributed by atoms with Gasteiger partial charge in [-0.3, -0.25) is 0 Å². The summed E-state index contributed by atoms with van der Waals surface area (Å²) in [5, 5.41) is 8.67. The summed E-state index contributed by atoms with van der Waals surface area (Å²) in [4.78, 5) is 10.6. The van der Waals surface area contributed by atoms with Gasteiger partial charge in [0, 0.05) is 12.2 Å². The molecule has 0 unspecified atom stereocenters. The Labute approximate surface area is 99.5 Å². The van der Waals surface area contributed by atoms with Crippen LogP contribution in [-0.4, -0.2) is 17.7 Å². The summed E-state index contributed by atoms with van der Waals surface area (Å²) in [5.74, 6) is -1.68. The maximum absolute atomic E-state index is 13.4. The average molecular weight is 238 g/mol. The van der Waals surface area contributed by atoms with Crippen LogP contribution in [0, 0.1) is 5.82 Å². The van der Waals surface area contributed by atoms with E-state index in [1.165, 1.54) is 12.1 Å². The molecule has 0 saturated carbocycles. The molecule has 1 rings (SSSR count). The molecule has 0 aliphatic carbocycles. The van der Waals surface area contributed by atoms with Crippen LogP contribution in [0.5, 0.6) is 0 Å². The highest BCUT2D eigenvalue weighted by Crippen LogP contribution is 2.12. The van der Waals surface area contributed by atoms with E-state index in [4.69, 9.17) is 9.84 Å². The van der Waals surface area contributed by atoms with Gasteiger partial charge in [0.1, 0.15) is 5.82 Å². The maximum atomic E-state index is 13.4. The molecule has 0 fully saturated rings. The van der Waals surface area contributed by atoms with Crippen molar-refractivity contribution in [2.24, 2.45) is 0 Å². The molecule has 1 aromatic rings. The van der Waals surface area contributed by atoms with Gasteiger partial charge < -0.3 is 9.84 Å². The molecule has 1 aromatic carbocycles. The minimum atomic E-state index is -1.14. The summed E-state index contributed by atoms with van der Waals surface area (Å²) in [7, 11) is 0. The molecule has 0 aliphatic rings. The van der Waals surface area contributed by atoms with E-state index < -0.39 is 11.8 Å². The molecule has 0 heterocycles. The van der Waals surface area contributed by atoms with Crippen molar-refractivity contribution in [2.75, 3.05) is 6.61 Å². The minimum Gasteiger partial charge on any atom is -0.478 e. The molecule has 0 aliphatic heterocycles. The fourth-order valence-electron chi connectivity index (χ4n) is 1.31. The van der Waals surface area contributed by atoms with Gasteiger partial charge in [-0.25, -0.2) is 9.18 Å². The van der Waals surface area contributed by atoms with E-state index >= 15 is 0 Å². The van der Waals surface area contributed by atoms with Gasteiger partial charge in [0.2, 0.25) is 0 Å². The monoisotopic (exact) mass is 238 g/mol. The fraction of sp³-hybridized carbons (Fsp3) is 0.308. The molecule has 3 nitrogen and oxygen atoms in total. The van der Waals surface area contributed by atoms with Crippen molar-refractivity contribution >= 4 is 5.97 Å². The Kier molecular flexibility index (Phi) is 5.36. The first-order chi connectivity index (χ1) is 8.15. The van der Waals surface area contributed by atoms with E-state index in [1.54, 1.807) is 6.08 Å². The third-order valence-corrected chi connectivity index (χ3v) is 2.25. The topological polar surface area (TPSA) is 46.5 Å². The summed E-state index contributed by atoms with van der Waals surface area (Å²) in [6.07, 6.45) is 3.50. The number of benzene rings is 1. The van der Waals surface area contributed by atoms with Crippen LogP contribution in [-0.2, 0) is 11.3 Å². The average Bonchev–Trinajstić information content (AvgIpc) is 2.30. The van der Waals surface area contributed by atoms with Crippen LogP contribution in [0.25, 0.3) is 0 Å². The Bertz CT molecular complexity index is 402. The lowest BCUT2D eigenvalue weighted by Crippen LogP contribution is -2.01. The van der Waals surface area contributed by atoms with Crippen LogP contribution in [0.1, 0.15) is 28.8 Å². The van der Waals surface area contributed by atoms with Gasteiger partial charge in [0.05, 0.1) is 12.2 Å². The number of carboxylic acids is 1. The van der Waals surface area contributed by atoms with Crippen molar-refractivity contribution in [1.82, 2.24) is 0 Å². The van der Waals surface area contributed by atoms with Gasteiger partial charge in [0.15, 0.2) is 0 Å². The standard InChI is InChI=1S/C13H15FO3/c1-2-3-4-7-17-9-11-6-5-10(13(15)16)8-12(11)14/h2,5-6,8H,1,3-4,7,9H2,(H,15,16). The van der Waals surface area contributed by atoms with Crippen molar-refractivity contribution in [3.63, 3.8) is 0 Å². The highest BCUT2D eigenvalue weighted by Gasteiger charge is 2.08. The smallest absolute Gasteiger partial charge is 0.335 e. The largest absolute Gasteiger partial charge is 0.478 e. The van der Waals surface area contributed by atoms with Gasteiger partial charge in [-0.05, 0) is 25.0 Å². The zero-order valence-electron chi connectivity index (χ0n) is 9.49. The van der Waals surface area contributed by atoms with E-state index in [-0.39, 0.29) is 12.2 Å². The molecule has 0 spiro atoms. The molecule has 0 amide bonds. The maximum Gasteiger partial charge on any atom is 0.335 e. The predicted molar refractivity (Wildman–Crippen MR) is 62.4 cm³/mol. The van der Waals surface area contributed by atoms with E-state index in [1.807, 2.05) is 0 Å². The Morgan fingerprint density at radius 2 is 2.29 bits per heavy atom. The van der Waals surface area contributed by atoms with Crippen molar-refractivity contribution in [3.8, 4) is 0 Å². The van der Waals surface area contributed by atoms with Gasteiger partial charge in [-0.15, -0.1) is 6.58 Å². The van der Waals surface area contributed by atoms with Crippen molar-refractivity contribution in [2.45, 2.75) is 19.4 Å². The van der Waals surface area contributed by atoms with E-state index in [0.29, 0.717) is 12.2 Å². The molecule has 1 N–H and O–H groups in total. The summed E-state index contributed by atoms with van der Waals surface area (Å²) < 4.78 is 18.7. The first kappa shape index (κ1) is 13.4. The number of rotatable bonds is 7. The number of hydrogen-bond donors (Lipinski definition) is 1. The third-order valence-electron chi connectivity index (χ3n) is 2.25. The number of carboxylic acid groups (broad SMARTS) is 1. The van der Waals surface area contributed by atoms with Gasteiger partial charge in [-0.2, -0.15) is 0 Å². The fourth-order valence-corrected chi connectivity index (χ4v) is 1.31. The summed E-state index contributed by atoms with van der Waals surface area (Å²) in [5.41, 5.74) is 0.312. The number of unbranched alkanes of at least 4 members (excludes halogenated alkanes) is 1. The Morgan fingerprint density at radius 1 is 1.53 bits per heavy atom. The van der Waals surface area contributed by atoms with Crippen LogP contribution in [0.2, 0.25) is 0 Å². The lowest BCUT2D eigenvalue weighted by molar-refractivity contribution is 0.0696. The van der Waals surface area contributed by atoms with Gasteiger partial charge in [-0.1, -0.05) is 12.1 Å². The van der Waals surface area contributed by atoms with Gasteiger partial charge in [0.25, 0.3) is 0 Å². The summed E-state index contributed by atoms with van der Waals surface area (Å²) >= 11 is 0. The third kappa shape index (κ3) is 4.36. The zero-order chi connectivity index (χ0) is 12.7. The molecule has 0 aromatic heterocycles. The van der Waals surface area contributed by atoms with Crippen molar-refractivity contribution in [1.29, 1.82) is 0 Å². The van der Waals surface area contributed by atoms with Crippen LogP contribution >= 0.6 is 0 Å². The van der Waals surface area contributed by atoms with Crippen LogP contribution in [0.4, 0.5) is 4.39 Å². The lowest BCUT2D eigenvalue weighted by atomic mass is 10.1. The number of halogens is 1. The molecule has 0 bridgehead atoms.